The van der Waals surface area contributed by atoms with Gasteiger partial charge in [-0.15, -0.1) is 10.2 Å². The molecule has 0 aromatic carbocycles. The van der Waals surface area contributed by atoms with Gasteiger partial charge in [0, 0.05) is 39.3 Å². The second kappa shape index (κ2) is 7.40. The molecule has 24 heavy (non-hydrogen) atoms. The topological polar surface area (TPSA) is 98.7 Å². The van der Waals surface area contributed by atoms with E-state index in [1.54, 1.807) is 9.82 Å². The molecule has 0 aliphatic carbocycles. The van der Waals surface area contributed by atoms with E-state index in [1.165, 1.54) is 15.6 Å². The molecule has 1 N–H and O–H groups in total. The minimum Gasteiger partial charge on any atom is -0.299 e. The molecule has 2 aliphatic rings. The molecule has 2 fully saturated rings. The summed E-state index contributed by atoms with van der Waals surface area (Å²) >= 11 is 1.27. The highest BCUT2D eigenvalue weighted by Gasteiger charge is 2.35. The molecule has 1 aromatic heterocycles. The quantitative estimate of drug-likeness (QED) is 0.768. The van der Waals surface area contributed by atoms with E-state index in [0.29, 0.717) is 44.4 Å². The smallest absolute Gasteiger partial charge is 0.282 e. The summed E-state index contributed by atoms with van der Waals surface area (Å²) in [7, 11) is -3.35. The number of carbonyl (C=O) groups is 1. The molecule has 0 spiro atoms. The number of amides is 1. The maximum atomic E-state index is 12.6. The standard InChI is InChI=1S/C13H22N6O3S2/c1-11(12(20)15-13-16-14-10-23-13)17-6-8-19(9-7-17)24(21,22)18-4-2-3-5-18/h10-11H,2-9H2,1H3,(H,15,16,20)/t11-/m1/s1. The number of carbonyl (C=O) groups excluding carboxylic acids is 1. The third-order valence-electron chi connectivity index (χ3n) is 4.51. The maximum absolute atomic E-state index is 12.6. The van der Waals surface area contributed by atoms with Gasteiger partial charge in [-0.3, -0.25) is 15.0 Å². The molecular weight excluding hydrogens is 352 g/mol. The molecular formula is C13H22N6O3S2. The molecule has 0 radical (unpaired) electrons. The monoisotopic (exact) mass is 374 g/mol. The van der Waals surface area contributed by atoms with Crippen LogP contribution in [0.25, 0.3) is 0 Å². The van der Waals surface area contributed by atoms with Crippen LogP contribution in [0.2, 0.25) is 0 Å². The van der Waals surface area contributed by atoms with E-state index in [0.717, 1.165) is 12.8 Å². The van der Waals surface area contributed by atoms with E-state index < -0.39 is 10.2 Å². The van der Waals surface area contributed by atoms with Crippen LogP contribution in [0.5, 0.6) is 0 Å². The fourth-order valence-corrected chi connectivity index (χ4v) is 5.13. The molecule has 0 bridgehead atoms. The van der Waals surface area contributed by atoms with Gasteiger partial charge in [0.2, 0.25) is 11.0 Å². The maximum Gasteiger partial charge on any atom is 0.282 e. The predicted octanol–water partition coefficient (Wildman–Crippen LogP) is -0.177. The fourth-order valence-electron chi connectivity index (χ4n) is 3.01. The normalized spacial score (nSPS) is 22.5. The van der Waals surface area contributed by atoms with Crippen molar-refractivity contribution < 1.29 is 13.2 Å². The van der Waals surface area contributed by atoms with Gasteiger partial charge >= 0.3 is 0 Å². The zero-order chi connectivity index (χ0) is 17.2. The molecule has 3 rings (SSSR count). The minimum absolute atomic E-state index is 0.150. The predicted molar refractivity (Wildman–Crippen MR) is 90.9 cm³/mol. The van der Waals surface area contributed by atoms with E-state index in [4.69, 9.17) is 0 Å². The lowest BCUT2D eigenvalue weighted by molar-refractivity contribution is -0.121. The number of piperazine rings is 1. The first kappa shape index (κ1) is 17.7. The van der Waals surface area contributed by atoms with Crippen molar-refractivity contribution in [2.45, 2.75) is 25.8 Å². The molecule has 2 aliphatic heterocycles. The molecule has 2 saturated heterocycles. The first-order valence-corrected chi connectivity index (χ1v) is 10.3. The third-order valence-corrected chi connectivity index (χ3v) is 7.15. The summed E-state index contributed by atoms with van der Waals surface area (Å²) < 4.78 is 28.2. The van der Waals surface area contributed by atoms with E-state index in [-0.39, 0.29) is 11.9 Å². The Balaban J connectivity index is 1.53. The van der Waals surface area contributed by atoms with Gasteiger partial charge in [-0.2, -0.15) is 17.0 Å². The van der Waals surface area contributed by atoms with E-state index in [1.807, 2.05) is 11.8 Å². The summed E-state index contributed by atoms with van der Waals surface area (Å²) in [5.74, 6) is -0.150. The first-order valence-electron chi connectivity index (χ1n) is 8.05. The Labute approximate surface area is 145 Å². The van der Waals surface area contributed by atoms with Gasteiger partial charge in [0.05, 0.1) is 6.04 Å². The average molecular weight is 374 g/mol. The highest BCUT2D eigenvalue weighted by atomic mass is 32.2. The second-order valence-corrected chi connectivity index (χ2v) is 8.72. The molecule has 0 unspecified atom stereocenters. The lowest BCUT2D eigenvalue weighted by atomic mass is 10.2. The zero-order valence-electron chi connectivity index (χ0n) is 13.6. The molecule has 9 nitrogen and oxygen atoms in total. The van der Waals surface area contributed by atoms with Crippen LogP contribution in [0.3, 0.4) is 0 Å². The van der Waals surface area contributed by atoms with Crippen LogP contribution in [0.1, 0.15) is 19.8 Å². The minimum atomic E-state index is -3.35. The molecule has 0 saturated carbocycles. The largest absolute Gasteiger partial charge is 0.299 e. The van der Waals surface area contributed by atoms with Crippen LogP contribution in [0.4, 0.5) is 5.13 Å². The van der Waals surface area contributed by atoms with Crippen molar-refractivity contribution in [1.82, 2.24) is 23.7 Å². The number of hydrogen-bond donors (Lipinski definition) is 1. The Morgan fingerprint density at radius 2 is 1.79 bits per heavy atom. The van der Waals surface area contributed by atoms with Gasteiger partial charge in [-0.05, 0) is 19.8 Å². The molecule has 11 heteroatoms. The average Bonchev–Trinajstić information content (AvgIpc) is 3.28. The second-order valence-electron chi connectivity index (χ2n) is 5.96. The highest BCUT2D eigenvalue weighted by Crippen LogP contribution is 2.19. The van der Waals surface area contributed by atoms with Gasteiger partial charge in [0.15, 0.2) is 0 Å². The third kappa shape index (κ3) is 3.75. The number of anilines is 1. The summed E-state index contributed by atoms with van der Waals surface area (Å²) in [5, 5.41) is 10.7. The van der Waals surface area contributed by atoms with Crippen molar-refractivity contribution in [3.05, 3.63) is 5.51 Å². The van der Waals surface area contributed by atoms with Crippen molar-refractivity contribution >= 4 is 32.6 Å². The lowest BCUT2D eigenvalue weighted by Gasteiger charge is -2.37. The molecule has 1 atom stereocenters. The number of nitrogens with one attached hydrogen (secondary N) is 1. The molecule has 134 valence electrons. The van der Waals surface area contributed by atoms with E-state index in [2.05, 4.69) is 15.5 Å². The summed E-state index contributed by atoms with van der Waals surface area (Å²) in [5.41, 5.74) is 1.56. The number of rotatable bonds is 5. The summed E-state index contributed by atoms with van der Waals surface area (Å²) in [6, 6.07) is -0.342. The zero-order valence-corrected chi connectivity index (χ0v) is 15.2. The van der Waals surface area contributed by atoms with Gasteiger partial charge in [-0.1, -0.05) is 11.3 Å². The van der Waals surface area contributed by atoms with Gasteiger partial charge < -0.3 is 0 Å². The van der Waals surface area contributed by atoms with Crippen molar-refractivity contribution in [3.63, 3.8) is 0 Å². The van der Waals surface area contributed by atoms with Crippen molar-refractivity contribution in [3.8, 4) is 0 Å². The van der Waals surface area contributed by atoms with Gasteiger partial charge in [0.1, 0.15) is 5.51 Å². The van der Waals surface area contributed by atoms with Crippen molar-refractivity contribution in [2.24, 2.45) is 0 Å². The van der Waals surface area contributed by atoms with Crippen LogP contribution >= 0.6 is 11.3 Å². The Hall–Kier alpha value is -1.14. The summed E-state index contributed by atoms with van der Waals surface area (Å²) in [4.78, 5) is 14.2. The van der Waals surface area contributed by atoms with Gasteiger partial charge in [-0.25, -0.2) is 0 Å². The number of aromatic nitrogens is 2. The molecule has 1 aromatic rings. The molecule has 3 heterocycles. The Bertz CT molecular complexity index is 651. The number of hydrogen-bond acceptors (Lipinski definition) is 7. The highest BCUT2D eigenvalue weighted by molar-refractivity contribution is 7.86. The number of nitrogens with zero attached hydrogens (tertiary/aromatic N) is 5. The fraction of sp³-hybridized carbons (Fsp3) is 0.769. The van der Waals surface area contributed by atoms with Crippen molar-refractivity contribution in [2.75, 3.05) is 44.6 Å². The summed E-state index contributed by atoms with van der Waals surface area (Å²) in [6.45, 7) is 4.95. The Morgan fingerprint density at radius 3 is 2.38 bits per heavy atom. The SMILES string of the molecule is C[C@H](C(=O)Nc1nncs1)N1CCN(S(=O)(=O)N2CCCC2)CC1. The van der Waals surface area contributed by atoms with E-state index >= 15 is 0 Å². The molecule has 1 amide bonds. The van der Waals surface area contributed by atoms with Crippen molar-refractivity contribution in [1.29, 1.82) is 0 Å². The van der Waals surface area contributed by atoms with Crippen LogP contribution in [0, 0.1) is 0 Å². The van der Waals surface area contributed by atoms with Crippen LogP contribution in [-0.2, 0) is 15.0 Å². The Morgan fingerprint density at radius 1 is 1.17 bits per heavy atom. The first-order chi connectivity index (χ1) is 11.5. The van der Waals surface area contributed by atoms with Crippen LogP contribution < -0.4 is 5.32 Å². The summed E-state index contributed by atoms with van der Waals surface area (Å²) in [6.07, 6.45) is 1.87. The van der Waals surface area contributed by atoms with Crippen LogP contribution in [-0.4, -0.2) is 83.3 Å². The van der Waals surface area contributed by atoms with Crippen LogP contribution in [0.15, 0.2) is 5.51 Å². The lowest BCUT2D eigenvalue weighted by Crippen LogP contribution is -2.56. The van der Waals surface area contributed by atoms with E-state index in [9.17, 15) is 13.2 Å². The van der Waals surface area contributed by atoms with Gasteiger partial charge in [0.25, 0.3) is 10.2 Å². The Kier molecular flexibility index (Phi) is 5.45.